The predicted octanol–water partition coefficient (Wildman–Crippen LogP) is -3.62. The number of thiol groups is 1. The first kappa shape index (κ1) is 27.6. The number of aliphatic carboxylic acids is 2. The fraction of sp³-hybridized carbons (Fsp3) is 0.688. The number of amides is 3. The van der Waals surface area contributed by atoms with Crippen molar-refractivity contribution in [2.75, 3.05) is 18.9 Å². The maximum atomic E-state index is 12.5. The Morgan fingerprint density at radius 3 is 1.87 bits per heavy atom. The lowest BCUT2D eigenvalue weighted by atomic mass is 10.1. The molecule has 14 heteroatoms. The highest BCUT2D eigenvalue weighted by molar-refractivity contribution is 7.80. The highest BCUT2D eigenvalue weighted by Gasteiger charge is 2.30. The zero-order valence-electron chi connectivity index (χ0n) is 16.2. The van der Waals surface area contributed by atoms with Crippen LogP contribution in [0.4, 0.5) is 0 Å². The van der Waals surface area contributed by atoms with Crippen LogP contribution in [-0.4, -0.2) is 88.1 Å². The molecule has 0 saturated heterocycles. The third-order valence-electron chi connectivity index (χ3n) is 3.92. The molecule has 13 nitrogen and oxygen atoms in total. The second-order valence-corrected chi connectivity index (χ2v) is 6.74. The van der Waals surface area contributed by atoms with E-state index >= 15 is 0 Å². The van der Waals surface area contributed by atoms with Crippen molar-refractivity contribution in [3.8, 4) is 0 Å². The summed E-state index contributed by atoms with van der Waals surface area (Å²) < 4.78 is 0. The largest absolute Gasteiger partial charge is 0.481 e. The smallest absolute Gasteiger partial charge is 0.326 e. The summed E-state index contributed by atoms with van der Waals surface area (Å²) in [4.78, 5) is 58.6. The van der Waals surface area contributed by atoms with Crippen molar-refractivity contribution in [2.24, 2.45) is 11.5 Å². The van der Waals surface area contributed by atoms with E-state index in [0.717, 1.165) is 0 Å². The summed E-state index contributed by atoms with van der Waals surface area (Å²) in [7, 11) is 0. The Morgan fingerprint density at radius 1 is 0.867 bits per heavy atom. The Hall–Kier alpha value is -2.42. The van der Waals surface area contributed by atoms with Gasteiger partial charge in [0.05, 0.1) is 19.1 Å². The molecular weight excluding hydrogens is 422 g/mol. The van der Waals surface area contributed by atoms with Gasteiger partial charge in [-0.15, -0.1) is 0 Å². The van der Waals surface area contributed by atoms with E-state index in [1.807, 2.05) is 0 Å². The zero-order valence-corrected chi connectivity index (χ0v) is 17.1. The molecule has 0 heterocycles. The Balaban J connectivity index is 5.26. The number of unbranched alkanes of at least 4 members (excludes halogenated alkanes) is 1. The summed E-state index contributed by atoms with van der Waals surface area (Å²) in [5, 5.41) is 33.8. The first-order valence-corrected chi connectivity index (χ1v) is 9.73. The number of carbonyl (C=O) groups is 5. The number of hydrogen-bond acceptors (Lipinski definition) is 9. The molecule has 0 radical (unpaired) electrons. The molecule has 172 valence electrons. The Kier molecular flexibility index (Phi) is 13.4. The first-order valence-electron chi connectivity index (χ1n) is 9.10. The van der Waals surface area contributed by atoms with Gasteiger partial charge in [0.2, 0.25) is 17.7 Å². The lowest BCUT2D eigenvalue weighted by Crippen LogP contribution is -2.58. The van der Waals surface area contributed by atoms with Crippen molar-refractivity contribution in [1.82, 2.24) is 16.0 Å². The number of aliphatic hydroxyl groups is 1. The van der Waals surface area contributed by atoms with E-state index in [1.165, 1.54) is 0 Å². The molecule has 0 rings (SSSR count). The maximum Gasteiger partial charge on any atom is 0.326 e. The van der Waals surface area contributed by atoms with Gasteiger partial charge in [0.15, 0.2) is 0 Å². The Bertz CT molecular complexity index is 620. The number of nitrogens with two attached hydrogens (primary N) is 2. The molecule has 0 aliphatic carbocycles. The third-order valence-corrected chi connectivity index (χ3v) is 4.32. The van der Waals surface area contributed by atoms with Crippen LogP contribution in [0.15, 0.2) is 0 Å². The standard InChI is InChI=1S/C16H29N5O8S/c17-4-2-1-3-9(14(26)20-10(16(28)29)5-12(23)24)19-15(27)11(6-22)21-13(25)8(18)7-30/h8-11,22,30H,1-7,17-18H2,(H,19,27)(H,20,26)(H,21,25)(H,23,24)(H,28,29). The van der Waals surface area contributed by atoms with Gasteiger partial charge in [0, 0.05) is 5.75 Å². The number of carboxylic acids is 2. The van der Waals surface area contributed by atoms with Crippen LogP contribution in [0.3, 0.4) is 0 Å². The van der Waals surface area contributed by atoms with E-state index in [1.54, 1.807) is 0 Å². The van der Waals surface area contributed by atoms with Crippen molar-refractivity contribution >= 4 is 42.3 Å². The highest BCUT2D eigenvalue weighted by atomic mass is 32.1. The molecule has 3 amide bonds. The summed E-state index contributed by atoms with van der Waals surface area (Å²) in [6, 6.07) is -5.39. The Morgan fingerprint density at radius 2 is 1.40 bits per heavy atom. The molecule has 0 aliphatic rings. The minimum Gasteiger partial charge on any atom is -0.481 e. The van der Waals surface area contributed by atoms with E-state index in [2.05, 4.69) is 28.6 Å². The zero-order chi connectivity index (χ0) is 23.3. The number of carbonyl (C=O) groups excluding carboxylic acids is 3. The molecule has 4 unspecified atom stereocenters. The fourth-order valence-electron chi connectivity index (χ4n) is 2.24. The quantitative estimate of drug-likeness (QED) is 0.0875. The molecule has 0 bridgehead atoms. The SMILES string of the molecule is NCCCCC(NC(=O)C(CO)NC(=O)C(N)CS)C(=O)NC(CC(=O)O)C(=O)O. The van der Waals surface area contributed by atoms with Gasteiger partial charge in [-0.3, -0.25) is 19.2 Å². The summed E-state index contributed by atoms with van der Waals surface area (Å²) in [5.41, 5.74) is 10.9. The van der Waals surface area contributed by atoms with Crippen LogP contribution in [-0.2, 0) is 24.0 Å². The molecular formula is C16H29N5O8S. The maximum absolute atomic E-state index is 12.5. The average Bonchev–Trinajstić information content (AvgIpc) is 2.69. The summed E-state index contributed by atoms with van der Waals surface area (Å²) in [5.74, 6) is -5.57. The molecule has 10 N–H and O–H groups in total. The minimum absolute atomic E-state index is 0.00409. The van der Waals surface area contributed by atoms with Crippen LogP contribution in [0.25, 0.3) is 0 Å². The van der Waals surface area contributed by atoms with E-state index in [4.69, 9.17) is 21.7 Å². The average molecular weight is 452 g/mol. The van der Waals surface area contributed by atoms with Gasteiger partial charge in [-0.25, -0.2) is 4.79 Å². The molecule has 0 aromatic heterocycles. The fourth-order valence-corrected chi connectivity index (χ4v) is 2.40. The van der Waals surface area contributed by atoms with Crippen molar-refractivity contribution < 1.29 is 39.3 Å². The number of carboxylic acid groups (broad SMARTS) is 2. The predicted molar refractivity (Wildman–Crippen MR) is 108 cm³/mol. The summed E-state index contributed by atoms with van der Waals surface area (Å²) in [6.07, 6.45) is 0.109. The molecule has 0 aromatic carbocycles. The van der Waals surface area contributed by atoms with E-state index < -0.39 is 66.9 Å². The van der Waals surface area contributed by atoms with Crippen molar-refractivity contribution in [2.45, 2.75) is 49.9 Å². The van der Waals surface area contributed by atoms with Gasteiger partial charge in [-0.05, 0) is 25.8 Å². The number of nitrogens with one attached hydrogen (secondary N) is 3. The first-order chi connectivity index (χ1) is 14.1. The van der Waals surface area contributed by atoms with E-state index in [-0.39, 0.29) is 12.2 Å². The van der Waals surface area contributed by atoms with Crippen LogP contribution in [0.2, 0.25) is 0 Å². The van der Waals surface area contributed by atoms with Gasteiger partial charge >= 0.3 is 11.9 Å². The Labute approximate surface area is 178 Å². The lowest BCUT2D eigenvalue weighted by molar-refractivity contribution is -0.147. The number of aliphatic hydroxyl groups excluding tert-OH is 1. The summed E-state index contributed by atoms with van der Waals surface area (Å²) in [6.45, 7) is -0.471. The van der Waals surface area contributed by atoms with Crippen molar-refractivity contribution in [1.29, 1.82) is 0 Å². The highest BCUT2D eigenvalue weighted by Crippen LogP contribution is 2.04. The molecule has 0 aliphatic heterocycles. The molecule has 4 atom stereocenters. The van der Waals surface area contributed by atoms with Gasteiger partial charge in [0.1, 0.15) is 18.1 Å². The molecule has 0 spiro atoms. The second kappa shape index (κ2) is 14.5. The normalized spacial score (nSPS) is 14.7. The van der Waals surface area contributed by atoms with Crippen LogP contribution in [0, 0.1) is 0 Å². The number of rotatable bonds is 15. The minimum atomic E-state index is -1.70. The second-order valence-electron chi connectivity index (χ2n) is 6.38. The monoisotopic (exact) mass is 451 g/mol. The molecule has 0 fully saturated rings. The summed E-state index contributed by atoms with van der Waals surface area (Å²) >= 11 is 3.86. The lowest BCUT2D eigenvalue weighted by Gasteiger charge is -2.24. The van der Waals surface area contributed by atoms with Crippen molar-refractivity contribution in [3.63, 3.8) is 0 Å². The van der Waals surface area contributed by atoms with E-state index in [0.29, 0.717) is 19.4 Å². The molecule has 0 aromatic rings. The van der Waals surface area contributed by atoms with Crippen LogP contribution in [0.5, 0.6) is 0 Å². The van der Waals surface area contributed by atoms with E-state index in [9.17, 15) is 29.1 Å². The topological polar surface area (TPSA) is 234 Å². The number of hydrogen-bond donors (Lipinski definition) is 9. The van der Waals surface area contributed by atoms with Crippen LogP contribution >= 0.6 is 12.6 Å². The third kappa shape index (κ3) is 10.4. The molecule has 30 heavy (non-hydrogen) atoms. The van der Waals surface area contributed by atoms with Crippen LogP contribution in [0.1, 0.15) is 25.7 Å². The van der Waals surface area contributed by atoms with Gasteiger partial charge in [-0.2, -0.15) is 12.6 Å². The van der Waals surface area contributed by atoms with Crippen LogP contribution < -0.4 is 27.4 Å². The van der Waals surface area contributed by atoms with Gasteiger partial charge in [-0.1, -0.05) is 0 Å². The van der Waals surface area contributed by atoms with Crippen molar-refractivity contribution in [3.05, 3.63) is 0 Å². The van der Waals surface area contributed by atoms with Gasteiger partial charge in [0.25, 0.3) is 0 Å². The van der Waals surface area contributed by atoms with Gasteiger partial charge < -0.3 is 42.7 Å². The molecule has 0 saturated carbocycles.